The van der Waals surface area contributed by atoms with Crippen molar-refractivity contribution in [3.8, 4) is 6.07 Å². The summed E-state index contributed by atoms with van der Waals surface area (Å²) >= 11 is 0. The first kappa shape index (κ1) is 13.0. The molecular formula is C12H15N3O2S. The van der Waals surface area contributed by atoms with Crippen LogP contribution < -0.4 is 5.32 Å². The van der Waals surface area contributed by atoms with Gasteiger partial charge in [-0.3, -0.25) is 0 Å². The standard InChI is InChI=1S/C12H15N3O2S/c13-8-10-4-6-15-12(7-10)18(16,17)9-11-3-1-2-5-14-11/h4,6-7,11,14H,1-3,5,9H2/t11-/m0/s1. The van der Waals surface area contributed by atoms with Gasteiger partial charge >= 0.3 is 0 Å². The summed E-state index contributed by atoms with van der Waals surface area (Å²) in [6.45, 7) is 0.867. The zero-order valence-electron chi connectivity index (χ0n) is 9.96. The van der Waals surface area contributed by atoms with E-state index in [4.69, 9.17) is 5.26 Å². The Morgan fingerprint density at radius 3 is 3.00 bits per heavy atom. The summed E-state index contributed by atoms with van der Waals surface area (Å²) < 4.78 is 24.3. The van der Waals surface area contributed by atoms with Crippen molar-refractivity contribution in [2.24, 2.45) is 0 Å². The van der Waals surface area contributed by atoms with Crippen molar-refractivity contribution in [1.29, 1.82) is 5.26 Å². The summed E-state index contributed by atoms with van der Waals surface area (Å²) in [7, 11) is -3.42. The number of aromatic nitrogens is 1. The second-order valence-electron chi connectivity index (χ2n) is 4.42. The summed E-state index contributed by atoms with van der Waals surface area (Å²) in [4.78, 5) is 3.86. The fourth-order valence-corrected chi connectivity index (χ4v) is 3.58. The molecule has 0 radical (unpaired) electrons. The lowest BCUT2D eigenvalue weighted by atomic mass is 10.1. The SMILES string of the molecule is N#Cc1ccnc(S(=O)(=O)C[C@@H]2CCCCN2)c1. The lowest BCUT2D eigenvalue weighted by Crippen LogP contribution is -2.39. The van der Waals surface area contributed by atoms with Crippen molar-refractivity contribution in [2.45, 2.75) is 30.3 Å². The van der Waals surface area contributed by atoms with Crippen LogP contribution in [0, 0.1) is 11.3 Å². The highest BCUT2D eigenvalue weighted by Crippen LogP contribution is 2.15. The van der Waals surface area contributed by atoms with Gasteiger partial charge in [0.2, 0.25) is 0 Å². The van der Waals surface area contributed by atoms with Crippen LogP contribution in [0.3, 0.4) is 0 Å². The van der Waals surface area contributed by atoms with Gasteiger partial charge in [0.15, 0.2) is 14.9 Å². The highest BCUT2D eigenvalue weighted by Gasteiger charge is 2.23. The lowest BCUT2D eigenvalue weighted by molar-refractivity contribution is 0.423. The Bertz CT molecular complexity index is 557. The van der Waals surface area contributed by atoms with Gasteiger partial charge in [0.05, 0.1) is 17.4 Å². The Hall–Kier alpha value is -1.45. The number of nitriles is 1. The predicted octanol–water partition coefficient (Wildman–Crippen LogP) is 0.869. The molecule has 0 unspecified atom stereocenters. The molecule has 6 heteroatoms. The average Bonchev–Trinajstić information content (AvgIpc) is 2.39. The summed E-state index contributed by atoms with van der Waals surface area (Å²) in [5, 5.41) is 12.0. The van der Waals surface area contributed by atoms with Crippen LogP contribution in [-0.4, -0.2) is 31.7 Å². The van der Waals surface area contributed by atoms with Gasteiger partial charge in [0.1, 0.15) is 0 Å². The van der Waals surface area contributed by atoms with Gasteiger partial charge in [-0.05, 0) is 31.5 Å². The number of nitrogens with zero attached hydrogens (tertiary/aromatic N) is 2. The van der Waals surface area contributed by atoms with E-state index < -0.39 is 9.84 Å². The third kappa shape index (κ3) is 3.06. The summed E-state index contributed by atoms with van der Waals surface area (Å²) in [5.74, 6) is 0.0505. The number of nitrogens with one attached hydrogen (secondary N) is 1. The maximum Gasteiger partial charge on any atom is 0.197 e. The molecule has 18 heavy (non-hydrogen) atoms. The molecule has 1 atom stereocenters. The Labute approximate surface area is 107 Å². The first-order chi connectivity index (χ1) is 8.62. The minimum Gasteiger partial charge on any atom is -0.313 e. The molecule has 0 spiro atoms. The number of sulfone groups is 1. The van der Waals surface area contributed by atoms with Crippen LogP contribution in [0.15, 0.2) is 23.4 Å². The maximum atomic E-state index is 12.2. The van der Waals surface area contributed by atoms with Crippen LogP contribution in [0.4, 0.5) is 0 Å². The minimum atomic E-state index is -3.42. The van der Waals surface area contributed by atoms with E-state index in [-0.39, 0.29) is 16.8 Å². The largest absolute Gasteiger partial charge is 0.313 e. The van der Waals surface area contributed by atoms with E-state index in [0.717, 1.165) is 25.8 Å². The molecule has 2 heterocycles. The second kappa shape index (κ2) is 5.46. The molecule has 1 aromatic heterocycles. The normalized spacial score (nSPS) is 20.3. The van der Waals surface area contributed by atoms with E-state index in [9.17, 15) is 8.42 Å². The molecule has 1 aromatic rings. The number of rotatable bonds is 3. The van der Waals surface area contributed by atoms with E-state index in [1.54, 1.807) is 0 Å². The van der Waals surface area contributed by atoms with Crippen LogP contribution in [-0.2, 0) is 9.84 Å². The number of hydrogen-bond donors (Lipinski definition) is 1. The lowest BCUT2D eigenvalue weighted by Gasteiger charge is -2.22. The van der Waals surface area contributed by atoms with Crippen LogP contribution in [0.1, 0.15) is 24.8 Å². The van der Waals surface area contributed by atoms with Gasteiger partial charge in [-0.1, -0.05) is 6.42 Å². The molecular weight excluding hydrogens is 250 g/mol. The predicted molar refractivity (Wildman–Crippen MR) is 66.6 cm³/mol. The smallest absolute Gasteiger partial charge is 0.197 e. The highest BCUT2D eigenvalue weighted by molar-refractivity contribution is 7.91. The van der Waals surface area contributed by atoms with Crippen molar-refractivity contribution in [1.82, 2.24) is 10.3 Å². The van der Waals surface area contributed by atoms with E-state index >= 15 is 0 Å². The summed E-state index contributed by atoms with van der Waals surface area (Å²) in [6.07, 6.45) is 4.38. The number of hydrogen-bond acceptors (Lipinski definition) is 5. The van der Waals surface area contributed by atoms with E-state index in [1.807, 2.05) is 6.07 Å². The van der Waals surface area contributed by atoms with Gasteiger partial charge in [-0.15, -0.1) is 0 Å². The van der Waals surface area contributed by atoms with Gasteiger partial charge in [-0.25, -0.2) is 13.4 Å². The molecule has 0 amide bonds. The monoisotopic (exact) mass is 265 g/mol. The molecule has 0 saturated carbocycles. The third-order valence-electron chi connectivity index (χ3n) is 3.02. The van der Waals surface area contributed by atoms with Crippen molar-refractivity contribution < 1.29 is 8.42 Å². The average molecular weight is 265 g/mol. The number of pyridine rings is 1. The molecule has 1 aliphatic rings. The minimum absolute atomic E-state index is 0.00343. The van der Waals surface area contributed by atoms with Crippen molar-refractivity contribution in [2.75, 3.05) is 12.3 Å². The molecule has 1 saturated heterocycles. The summed E-state index contributed by atoms with van der Waals surface area (Å²) in [5.41, 5.74) is 0.320. The van der Waals surface area contributed by atoms with E-state index in [1.165, 1.54) is 18.3 Å². The molecule has 0 aromatic carbocycles. The third-order valence-corrected chi connectivity index (χ3v) is 4.72. The molecule has 1 N–H and O–H groups in total. The molecule has 1 fully saturated rings. The highest BCUT2D eigenvalue weighted by atomic mass is 32.2. The van der Waals surface area contributed by atoms with Crippen molar-refractivity contribution in [3.05, 3.63) is 23.9 Å². The first-order valence-electron chi connectivity index (χ1n) is 5.94. The van der Waals surface area contributed by atoms with Crippen molar-refractivity contribution in [3.63, 3.8) is 0 Å². The summed E-state index contributed by atoms with van der Waals surface area (Å²) in [6, 6.07) is 4.75. The maximum absolute atomic E-state index is 12.2. The zero-order chi connectivity index (χ0) is 13.0. The Morgan fingerprint density at radius 1 is 1.50 bits per heavy atom. The molecule has 5 nitrogen and oxygen atoms in total. The second-order valence-corrected chi connectivity index (χ2v) is 6.40. The van der Waals surface area contributed by atoms with Crippen molar-refractivity contribution >= 4 is 9.84 Å². The van der Waals surface area contributed by atoms with Gasteiger partial charge in [0, 0.05) is 12.2 Å². The molecule has 0 bridgehead atoms. The fraction of sp³-hybridized carbons (Fsp3) is 0.500. The first-order valence-corrected chi connectivity index (χ1v) is 7.59. The van der Waals surface area contributed by atoms with Gasteiger partial charge in [-0.2, -0.15) is 5.26 Å². The molecule has 96 valence electrons. The zero-order valence-corrected chi connectivity index (χ0v) is 10.8. The topological polar surface area (TPSA) is 82.8 Å². The Balaban J connectivity index is 2.17. The Morgan fingerprint density at radius 2 is 2.33 bits per heavy atom. The van der Waals surface area contributed by atoms with Crippen LogP contribution in [0.2, 0.25) is 0 Å². The number of piperidine rings is 1. The molecule has 0 aliphatic carbocycles. The van der Waals surface area contributed by atoms with Crippen LogP contribution in [0.25, 0.3) is 0 Å². The van der Waals surface area contributed by atoms with Gasteiger partial charge in [0.25, 0.3) is 0 Å². The molecule has 2 rings (SSSR count). The van der Waals surface area contributed by atoms with Gasteiger partial charge < -0.3 is 5.32 Å². The fourth-order valence-electron chi connectivity index (χ4n) is 2.07. The van der Waals surface area contributed by atoms with E-state index in [0.29, 0.717) is 5.56 Å². The van der Waals surface area contributed by atoms with Crippen LogP contribution >= 0.6 is 0 Å². The Kier molecular flexibility index (Phi) is 3.94. The van der Waals surface area contributed by atoms with Crippen LogP contribution in [0.5, 0.6) is 0 Å². The molecule has 1 aliphatic heterocycles. The van der Waals surface area contributed by atoms with E-state index in [2.05, 4.69) is 10.3 Å². The quantitative estimate of drug-likeness (QED) is 0.876.